The van der Waals surface area contributed by atoms with Gasteiger partial charge in [-0.3, -0.25) is 19.5 Å². The van der Waals surface area contributed by atoms with Gasteiger partial charge in [0.1, 0.15) is 0 Å². The molecule has 1 rings (SSSR count). The number of hydrogen-bond acceptors (Lipinski definition) is 4. The zero-order valence-electron chi connectivity index (χ0n) is 10.2. The lowest BCUT2D eigenvalue weighted by atomic mass is 10.1. The van der Waals surface area contributed by atoms with E-state index in [9.17, 15) is 9.59 Å². The van der Waals surface area contributed by atoms with Crippen LogP contribution in [0.5, 0.6) is 0 Å². The van der Waals surface area contributed by atoms with E-state index >= 15 is 0 Å². The van der Waals surface area contributed by atoms with Crippen molar-refractivity contribution in [1.82, 2.24) is 10.2 Å². The molecule has 0 aromatic heterocycles. The Morgan fingerprint density at radius 2 is 2.12 bits per heavy atom. The van der Waals surface area contributed by atoms with Gasteiger partial charge in [-0.25, -0.2) is 0 Å². The van der Waals surface area contributed by atoms with Crippen LogP contribution >= 0.6 is 0 Å². The summed E-state index contributed by atoms with van der Waals surface area (Å²) >= 11 is 0. The third kappa shape index (κ3) is 4.01. The number of rotatable bonds is 6. The molecule has 0 bridgehead atoms. The smallest absolute Gasteiger partial charge is 0.229 e. The van der Waals surface area contributed by atoms with E-state index in [0.717, 1.165) is 12.1 Å². The molecule has 1 N–H and O–H groups in total. The minimum absolute atomic E-state index is 0.0491. The van der Waals surface area contributed by atoms with Crippen molar-refractivity contribution in [2.24, 2.45) is 4.99 Å². The Balaban J connectivity index is 2.39. The molecule has 1 aliphatic heterocycles. The summed E-state index contributed by atoms with van der Waals surface area (Å²) in [4.78, 5) is 28.3. The van der Waals surface area contributed by atoms with Gasteiger partial charge in [-0.15, -0.1) is 0 Å². The van der Waals surface area contributed by atoms with Crippen molar-refractivity contribution in [3.63, 3.8) is 0 Å². The third-order valence-corrected chi connectivity index (χ3v) is 2.71. The van der Waals surface area contributed by atoms with Gasteiger partial charge in [-0.05, 0) is 26.0 Å². The summed E-state index contributed by atoms with van der Waals surface area (Å²) in [6.45, 7) is 3.95. The molecule has 5 nitrogen and oxygen atoms in total. The molecule has 0 aromatic rings. The van der Waals surface area contributed by atoms with Crippen molar-refractivity contribution in [1.29, 1.82) is 0 Å². The number of carbonyl (C=O) groups excluding carboxylic acids is 2. The maximum Gasteiger partial charge on any atom is 0.229 e. The molecule has 1 aliphatic rings. The van der Waals surface area contributed by atoms with Gasteiger partial charge in [0, 0.05) is 32.6 Å². The number of carbonyl (C=O) groups is 2. The number of hydrogen-bond donors (Lipinski definition) is 1. The number of amides is 2. The standard InChI is InChI=1S/C12H19N3O2/c1-13-9-10(14-2)5-4-8-15-11(16)6-3-7-12(15)17/h9,13H,2-8H2,1H3/b10-9-. The van der Waals surface area contributed by atoms with Crippen LogP contribution in [-0.4, -0.2) is 37.0 Å². The second-order valence-corrected chi connectivity index (χ2v) is 3.98. The van der Waals surface area contributed by atoms with Gasteiger partial charge in [-0.1, -0.05) is 0 Å². The molecule has 0 atom stereocenters. The average Bonchev–Trinajstić information content (AvgIpc) is 2.31. The van der Waals surface area contributed by atoms with Crippen LogP contribution in [0.15, 0.2) is 16.9 Å². The first-order valence-corrected chi connectivity index (χ1v) is 5.85. The Morgan fingerprint density at radius 3 is 2.65 bits per heavy atom. The second-order valence-electron chi connectivity index (χ2n) is 3.98. The van der Waals surface area contributed by atoms with Crippen molar-refractivity contribution < 1.29 is 9.59 Å². The summed E-state index contributed by atoms with van der Waals surface area (Å²) < 4.78 is 0. The number of allylic oxidation sites excluding steroid dienone is 1. The van der Waals surface area contributed by atoms with Gasteiger partial charge in [-0.2, -0.15) is 0 Å². The van der Waals surface area contributed by atoms with Crippen LogP contribution < -0.4 is 5.32 Å². The molecule has 0 aliphatic carbocycles. The molecule has 0 spiro atoms. The van der Waals surface area contributed by atoms with E-state index < -0.39 is 0 Å². The van der Waals surface area contributed by atoms with Crippen LogP contribution in [0.3, 0.4) is 0 Å². The molecule has 0 radical (unpaired) electrons. The summed E-state index contributed by atoms with van der Waals surface area (Å²) in [6.07, 6.45) is 4.88. The van der Waals surface area contributed by atoms with E-state index in [1.807, 2.05) is 0 Å². The molecule has 94 valence electrons. The molecule has 1 fully saturated rings. The van der Waals surface area contributed by atoms with Crippen LogP contribution in [0.25, 0.3) is 0 Å². The number of imide groups is 1. The lowest BCUT2D eigenvalue weighted by molar-refractivity contribution is -0.147. The first-order chi connectivity index (χ1) is 8.19. The summed E-state index contributed by atoms with van der Waals surface area (Å²) in [7, 11) is 1.79. The maximum absolute atomic E-state index is 11.5. The summed E-state index contributed by atoms with van der Waals surface area (Å²) in [6, 6.07) is 0. The minimum atomic E-state index is -0.0491. The predicted octanol–water partition coefficient (Wildman–Crippen LogP) is 1.07. The highest BCUT2D eigenvalue weighted by molar-refractivity contribution is 5.97. The van der Waals surface area contributed by atoms with Crippen LogP contribution in [0.4, 0.5) is 0 Å². The summed E-state index contributed by atoms with van der Waals surface area (Å²) in [5.41, 5.74) is 0.837. The van der Waals surface area contributed by atoms with E-state index in [-0.39, 0.29) is 11.8 Å². The zero-order chi connectivity index (χ0) is 12.7. The topological polar surface area (TPSA) is 61.8 Å². The van der Waals surface area contributed by atoms with Gasteiger partial charge in [0.05, 0.1) is 5.70 Å². The van der Waals surface area contributed by atoms with Gasteiger partial charge >= 0.3 is 0 Å². The molecule has 0 aromatic carbocycles. The van der Waals surface area contributed by atoms with Gasteiger partial charge in [0.2, 0.25) is 11.8 Å². The number of likely N-dealkylation sites (tertiary alicyclic amines) is 1. The highest BCUT2D eigenvalue weighted by Crippen LogP contribution is 2.14. The summed E-state index contributed by atoms with van der Waals surface area (Å²) in [5, 5.41) is 2.88. The highest BCUT2D eigenvalue weighted by atomic mass is 16.2. The molecule has 1 heterocycles. The number of nitrogens with one attached hydrogen (secondary N) is 1. The average molecular weight is 237 g/mol. The van der Waals surface area contributed by atoms with Crippen molar-refractivity contribution in [2.45, 2.75) is 32.1 Å². The largest absolute Gasteiger partial charge is 0.393 e. The SMILES string of the molecule is C=N/C(=C\NC)CCCN1C(=O)CCCC1=O. The zero-order valence-corrected chi connectivity index (χ0v) is 10.2. The van der Waals surface area contributed by atoms with E-state index in [1.54, 1.807) is 13.2 Å². The van der Waals surface area contributed by atoms with Crippen molar-refractivity contribution in [2.75, 3.05) is 13.6 Å². The Morgan fingerprint density at radius 1 is 1.47 bits per heavy atom. The van der Waals surface area contributed by atoms with Crippen LogP contribution in [-0.2, 0) is 9.59 Å². The lowest BCUT2D eigenvalue weighted by Crippen LogP contribution is -2.40. The van der Waals surface area contributed by atoms with Crippen molar-refractivity contribution in [3.05, 3.63) is 11.9 Å². The van der Waals surface area contributed by atoms with E-state index in [1.165, 1.54) is 4.90 Å². The predicted molar refractivity (Wildman–Crippen MR) is 66.5 cm³/mol. The Hall–Kier alpha value is -1.65. The van der Waals surface area contributed by atoms with E-state index in [0.29, 0.717) is 32.2 Å². The van der Waals surface area contributed by atoms with Gasteiger partial charge < -0.3 is 5.32 Å². The number of piperidine rings is 1. The number of nitrogens with zero attached hydrogens (tertiary/aromatic N) is 2. The molecule has 17 heavy (non-hydrogen) atoms. The second kappa shape index (κ2) is 6.83. The van der Waals surface area contributed by atoms with Crippen LogP contribution in [0.1, 0.15) is 32.1 Å². The normalized spacial score (nSPS) is 17.2. The molecule has 1 saturated heterocycles. The van der Waals surface area contributed by atoms with Crippen molar-refractivity contribution in [3.8, 4) is 0 Å². The van der Waals surface area contributed by atoms with E-state index in [2.05, 4.69) is 17.0 Å². The molecular weight excluding hydrogens is 218 g/mol. The van der Waals surface area contributed by atoms with Gasteiger partial charge in [0.15, 0.2) is 0 Å². The monoisotopic (exact) mass is 237 g/mol. The van der Waals surface area contributed by atoms with Crippen LogP contribution in [0, 0.1) is 0 Å². The fourth-order valence-electron chi connectivity index (χ4n) is 1.83. The lowest BCUT2D eigenvalue weighted by Gasteiger charge is -2.24. The minimum Gasteiger partial charge on any atom is -0.393 e. The van der Waals surface area contributed by atoms with E-state index in [4.69, 9.17) is 0 Å². The Labute approximate surface area is 102 Å². The fourth-order valence-corrected chi connectivity index (χ4v) is 1.83. The molecular formula is C12H19N3O2. The van der Waals surface area contributed by atoms with Gasteiger partial charge in [0.25, 0.3) is 0 Å². The first-order valence-electron chi connectivity index (χ1n) is 5.85. The fraction of sp³-hybridized carbons (Fsp3) is 0.583. The van der Waals surface area contributed by atoms with Crippen molar-refractivity contribution >= 4 is 18.5 Å². The maximum atomic E-state index is 11.5. The summed E-state index contributed by atoms with van der Waals surface area (Å²) in [5.74, 6) is -0.0982. The molecule has 5 heteroatoms. The molecule has 0 unspecified atom stereocenters. The first kappa shape index (κ1) is 13.4. The Kier molecular flexibility index (Phi) is 5.39. The molecule has 0 saturated carbocycles. The third-order valence-electron chi connectivity index (χ3n) is 2.71. The Bertz CT molecular complexity index is 321. The highest BCUT2D eigenvalue weighted by Gasteiger charge is 2.24. The quantitative estimate of drug-likeness (QED) is 0.555. The molecule has 2 amide bonds. The number of aliphatic imine (C=N–C) groups is 1. The van der Waals surface area contributed by atoms with Crippen LogP contribution in [0.2, 0.25) is 0 Å².